The van der Waals surface area contributed by atoms with E-state index in [9.17, 15) is 4.79 Å². The predicted octanol–water partition coefficient (Wildman–Crippen LogP) is 3.87. The van der Waals surface area contributed by atoms with E-state index in [0.29, 0.717) is 10.6 Å². The van der Waals surface area contributed by atoms with Crippen molar-refractivity contribution in [2.75, 3.05) is 0 Å². The molecule has 0 spiro atoms. The van der Waals surface area contributed by atoms with Crippen LogP contribution in [0.3, 0.4) is 0 Å². The Labute approximate surface area is 124 Å². The Morgan fingerprint density at radius 1 is 1.21 bits per heavy atom. The molecule has 0 aliphatic carbocycles. The smallest absolute Gasteiger partial charge is 0.267 e. The van der Waals surface area contributed by atoms with Crippen molar-refractivity contribution in [3.63, 3.8) is 0 Å². The standard InChI is InChI=1S/C14H10BrClN2O/c15-12-3-1-2-11(8-12)14(19)18-17-9-10-4-6-13(16)7-5-10/h1-9H,(H,18,19)/b17-9-. The fourth-order valence-electron chi connectivity index (χ4n) is 1.41. The number of benzene rings is 2. The molecule has 0 aromatic heterocycles. The van der Waals surface area contributed by atoms with E-state index in [1.54, 1.807) is 36.5 Å². The van der Waals surface area contributed by atoms with Gasteiger partial charge in [-0.25, -0.2) is 5.43 Å². The number of hydrazone groups is 1. The fourth-order valence-corrected chi connectivity index (χ4v) is 1.93. The van der Waals surface area contributed by atoms with Gasteiger partial charge >= 0.3 is 0 Å². The number of nitrogens with one attached hydrogen (secondary N) is 1. The number of amides is 1. The molecule has 0 fully saturated rings. The third-order valence-corrected chi connectivity index (χ3v) is 3.08. The van der Waals surface area contributed by atoms with Crippen LogP contribution in [0.25, 0.3) is 0 Å². The Balaban J connectivity index is 1.98. The van der Waals surface area contributed by atoms with Gasteiger partial charge in [-0.15, -0.1) is 0 Å². The Morgan fingerprint density at radius 3 is 2.63 bits per heavy atom. The van der Waals surface area contributed by atoms with E-state index in [4.69, 9.17) is 11.6 Å². The van der Waals surface area contributed by atoms with Gasteiger partial charge in [-0.2, -0.15) is 5.10 Å². The summed E-state index contributed by atoms with van der Waals surface area (Å²) >= 11 is 9.08. The van der Waals surface area contributed by atoms with E-state index < -0.39 is 0 Å². The van der Waals surface area contributed by atoms with Crippen molar-refractivity contribution in [1.82, 2.24) is 5.43 Å². The maximum atomic E-state index is 11.8. The van der Waals surface area contributed by atoms with E-state index in [2.05, 4.69) is 26.5 Å². The van der Waals surface area contributed by atoms with Crippen molar-refractivity contribution in [3.8, 4) is 0 Å². The summed E-state index contributed by atoms with van der Waals surface area (Å²) in [5, 5.41) is 4.56. The lowest BCUT2D eigenvalue weighted by Gasteiger charge is -2.00. The number of halogens is 2. The molecule has 2 aromatic rings. The van der Waals surface area contributed by atoms with Crippen LogP contribution >= 0.6 is 27.5 Å². The Kier molecular flexibility index (Phi) is 4.71. The van der Waals surface area contributed by atoms with Gasteiger partial charge in [0.15, 0.2) is 0 Å². The molecule has 2 rings (SSSR count). The van der Waals surface area contributed by atoms with Crippen LogP contribution in [-0.4, -0.2) is 12.1 Å². The van der Waals surface area contributed by atoms with Crippen LogP contribution in [0.2, 0.25) is 5.02 Å². The molecule has 0 atom stereocenters. The molecule has 1 N–H and O–H groups in total. The molecule has 0 heterocycles. The largest absolute Gasteiger partial charge is 0.271 e. The number of nitrogens with zero attached hydrogens (tertiary/aromatic N) is 1. The van der Waals surface area contributed by atoms with Crippen LogP contribution in [-0.2, 0) is 0 Å². The average molecular weight is 338 g/mol. The molecule has 0 aliphatic heterocycles. The maximum Gasteiger partial charge on any atom is 0.271 e. The molecule has 5 heteroatoms. The first-order chi connectivity index (χ1) is 9.15. The number of hydrogen-bond donors (Lipinski definition) is 1. The van der Waals surface area contributed by atoms with E-state index >= 15 is 0 Å². The summed E-state index contributed by atoms with van der Waals surface area (Å²) in [6.07, 6.45) is 1.56. The molecular weight excluding hydrogens is 328 g/mol. The van der Waals surface area contributed by atoms with Gasteiger partial charge in [0.2, 0.25) is 0 Å². The summed E-state index contributed by atoms with van der Waals surface area (Å²) in [6.45, 7) is 0. The second kappa shape index (κ2) is 6.50. The van der Waals surface area contributed by atoms with Crippen LogP contribution in [0.5, 0.6) is 0 Å². The maximum absolute atomic E-state index is 11.8. The number of carbonyl (C=O) groups is 1. The monoisotopic (exact) mass is 336 g/mol. The average Bonchev–Trinajstić information content (AvgIpc) is 2.41. The summed E-state index contributed by atoms with van der Waals surface area (Å²) in [7, 11) is 0. The van der Waals surface area contributed by atoms with E-state index in [1.165, 1.54) is 0 Å². The Hall–Kier alpha value is -1.65. The van der Waals surface area contributed by atoms with E-state index in [-0.39, 0.29) is 5.91 Å². The van der Waals surface area contributed by atoms with Crippen LogP contribution in [0.15, 0.2) is 58.1 Å². The SMILES string of the molecule is O=C(N/N=C\c1ccc(Cl)cc1)c1cccc(Br)c1. The predicted molar refractivity (Wildman–Crippen MR) is 80.7 cm³/mol. The van der Waals surface area contributed by atoms with Gasteiger partial charge in [0.25, 0.3) is 5.91 Å². The van der Waals surface area contributed by atoms with Crippen molar-refractivity contribution in [1.29, 1.82) is 0 Å². The molecule has 96 valence electrons. The van der Waals surface area contributed by atoms with Gasteiger partial charge in [-0.3, -0.25) is 4.79 Å². The lowest BCUT2D eigenvalue weighted by atomic mass is 10.2. The molecule has 3 nitrogen and oxygen atoms in total. The molecular formula is C14H10BrClN2O. The highest BCUT2D eigenvalue weighted by Crippen LogP contribution is 2.11. The molecule has 19 heavy (non-hydrogen) atoms. The van der Waals surface area contributed by atoms with Crippen molar-refractivity contribution >= 4 is 39.7 Å². The lowest BCUT2D eigenvalue weighted by Crippen LogP contribution is -2.17. The highest BCUT2D eigenvalue weighted by molar-refractivity contribution is 9.10. The second-order valence-electron chi connectivity index (χ2n) is 3.76. The summed E-state index contributed by atoms with van der Waals surface area (Å²) in [4.78, 5) is 11.8. The summed E-state index contributed by atoms with van der Waals surface area (Å²) in [5.41, 5.74) is 3.87. The Bertz CT molecular complexity index is 611. The van der Waals surface area contributed by atoms with Crippen molar-refractivity contribution in [3.05, 3.63) is 69.2 Å². The summed E-state index contributed by atoms with van der Waals surface area (Å²) < 4.78 is 0.849. The molecule has 0 aliphatic rings. The van der Waals surface area contributed by atoms with Crippen LogP contribution in [0.1, 0.15) is 15.9 Å². The fraction of sp³-hybridized carbons (Fsp3) is 0. The highest BCUT2D eigenvalue weighted by atomic mass is 79.9. The lowest BCUT2D eigenvalue weighted by molar-refractivity contribution is 0.0955. The molecule has 0 saturated carbocycles. The minimum Gasteiger partial charge on any atom is -0.267 e. The van der Waals surface area contributed by atoms with Crippen molar-refractivity contribution in [2.24, 2.45) is 5.10 Å². The van der Waals surface area contributed by atoms with E-state index in [0.717, 1.165) is 10.0 Å². The van der Waals surface area contributed by atoms with Crippen LogP contribution < -0.4 is 5.43 Å². The van der Waals surface area contributed by atoms with E-state index in [1.807, 2.05) is 18.2 Å². The highest BCUT2D eigenvalue weighted by Gasteiger charge is 2.03. The normalized spacial score (nSPS) is 10.6. The van der Waals surface area contributed by atoms with Gasteiger partial charge in [0.1, 0.15) is 0 Å². The van der Waals surface area contributed by atoms with Crippen LogP contribution in [0, 0.1) is 0 Å². The molecule has 2 aromatic carbocycles. The minimum absolute atomic E-state index is 0.258. The zero-order valence-electron chi connectivity index (χ0n) is 9.81. The molecule has 0 unspecified atom stereocenters. The first-order valence-corrected chi connectivity index (χ1v) is 6.67. The minimum atomic E-state index is -0.258. The molecule has 0 bridgehead atoms. The first-order valence-electron chi connectivity index (χ1n) is 5.50. The zero-order valence-corrected chi connectivity index (χ0v) is 12.1. The van der Waals surface area contributed by atoms with Gasteiger partial charge in [0.05, 0.1) is 6.21 Å². The molecule has 1 amide bonds. The van der Waals surface area contributed by atoms with Crippen molar-refractivity contribution in [2.45, 2.75) is 0 Å². The third-order valence-electron chi connectivity index (χ3n) is 2.34. The Morgan fingerprint density at radius 2 is 1.95 bits per heavy atom. The van der Waals surface area contributed by atoms with Crippen LogP contribution in [0.4, 0.5) is 0 Å². The number of rotatable bonds is 3. The third kappa shape index (κ3) is 4.19. The van der Waals surface area contributed by atoms with Gasteiger partial charge < -0.3 is 0 Å². The topological polar surface area (TPSA) is 41.5 Å². The van der Waals surface area contributed by atoms with Crippen molar-refractivity contribution < 1.29 is 4.79 Å². The van der Waals surface area contributed by atoms with Gasteiger partial charge in [-0.05, 0) is 35.9 Å². The molecule has 0 radical (unpaired) electrons. The van der Waals surface area contributed by atoms with Gasteiger partial charge in [-0.1, -0.05) is 45.7 Å². The number of carbonyl (C=O) groups excluding carboxylic acids is 1. The second-order valence-corrected chi connectivity index (χ2v) is 5.11. The first kappa shape index (κ1) is 13.8. The zero-order chi connectivity index (χ0) is 13.7. The van der Waals surface area contributed by atoms with Gasteiger partial charge in [0, 0.05) is 15.1 Å². The quantitative estimate of drug-likeness (QED) is 0.670. The summed E-state index contributed by atoms with van der Waals surface area (Å²) in [6, 6.07) is 14.3. The molecule has 0 saturated heterocycles. The summed E-state index contributed by atoms with van der Waals surface area (Å²) in [5.74, 6) is -0.258. The number of hydrogen-bond acceptors (Lipinski definition) is 2.